The molecule has 8 heteroatoms. The van der Waals surface area contributed by atoms with Gasteiger partial charge in [-0.1, -0.05) is 11.6 Å². The maximum atomic E-state index is 12.7. The Hall–Kier alpha value is -2.54. The Morgan fingerprint density at radius 1 is 1.12 bits per heavy atom. The molecule has 1 unspecified atom stereocenters. The molecule has 2 bridgehead atoms. The van der Waals surface area contributed by atoms with E-state index in [9.17, 15) is 4.79 Å². The average molecular weight is 459 g/mol. The molecule has 4 rings (SSSR count). The van der Waals surface area contributed by atoms with Crippen LogP contribution >= 0.6 is 11.6 Å². The van der Waals surface area contributed by atoms with Gasteiger partial charge >= 0.3 is 6.09 Å². The normalized spacial score (nSPS) is 22.6. The van der Waals surface area contributed by atoms with Crippen molar-refractivity contribution in [2.45, 2.75) is 70.2 Å². The Kier molecular flexibility index (Phi) is 6.21. The van der Waals surface area contributed by atoms with Gasteiger partial charge in [-0.3, -0.25) is 0 Å². The molecule has 0 radical (unpaired) electrons. The van der Waals surface area contributed by atoms with Crippen molar-refractivity contribution in [2.75, 3.05) is 19.1 Å². The van der Waals surface area contributed by atoms with Crippen LogP contribution in [0.5, 0.6) is 5.75 Å². The van der Waals surface area contributed by atoms with Gasteiger partial charge in [0.2, 0.25) is 0 Å². The third-order valence-electron chi connectivity index (χ3n) is 6.31. The van der Waals surface area contributed by atoms with Crippen molar-refractivity contribution < 1.29 is 14.3 Å². The SMILES string of the molecule is COc1cc(Cl)ccc1-c1ccc(N(C)C2C[C@H]3CC[C@@H](C2)N3C(=O)OC(C)(C)C)nn1. The maximum absolute atomic E-state index is 12.7. The van der Waals surface area contributed by atoms with E-state index < -0.39 is 5.60 Å². The van der Waals surface area contributed by atoms with Crippen LogP contribution in [0.25, 0.3) is 11.3 Å². The Bertz CT molecular complexity index is 962. The Morgan fingerprint density at radius 2 is 1.81 bits per heavy atom. The topological polar surface area (TPSA) is 67.8 Å². The molecule has 1 aromatic heterocycles. The van der Waals surface area contributed by atoms with E-state index in [0.29, 0.717) is 16.8 Å². The summed E-state index contributed by atoms with van der Waals surface area (Å²) in [7, 11) is 3.67. The smallest absolute Gasteiger partial charge is 0.410 e. The van der Waals surface area contributed by atoms with Gasteiger partial charge in [-0.05, 0) is 76.8 Å². The van der Waals surface area contributed by atoms with Crippen LogP contribution in [0.1, 0.15) is 46.5 Å². The number of ether oxygens (including phenoxy) is 2. The van der Waals surface area contributed by atoms with Gasteiger partial charge in [0.25, 0.3) is 0 Å². The third kappa shape index (κ3) is 4.63. The van der Waals surface area contributed by atoms with Gasteiger partial charge in [-0.15, -0.1) is 10.2 Å². The molecular formula is C24H31ClN4O3. The molecule has 7 nitrogen and oxygen atoms in total. The second-order valence-electron chi connectivity index (χ2n) is 9.63. The molecule has 32 heavy (non-hydrogen) atoms. The fourth-order valence-corrected chi connectivity index (χ4v) is 4.96. The summed E-state index contributed by atoms with van der Waals surface area (Å²) in [5, 5.41) is 9.54. The summed E-state index contributed by atoms with van der Waals surface area (Å²) >= 11 is 6.07. The number of amides is 1. The molecule has 0 saturated carbocycles. The highest BCUT2D eigenvalue weighted by Gasteiger charge is 2.45. The second-order valence-corrected chi connectivity index (χ2v) is 10.1. The standard InChI is InChI=1S/C24H31ClN4O3/c1-24(2,3)32-23(30)29-16-7-8-17(29)14-18(13-16)28(4)22-11-10-20(26-27-22)19-9-6-15(25)12-21(19)31-5/h6,9-12,16-18H,7-8,13-14H2,1-5H3/t16-,17+,18?. The molecule has 3 atom stereocenters. The highest BCUT2D eigenvalue weighted by molar-refractivity contribution is 6.30. The van der Waals surface area contributed by atoms with Crippen LogP contribution in [0.4, 0.5) is 10.6 Å². The van der Waals surface area contributed by atoms with Crippen molar-refractivity contribution in [3.05, 3.63) is 35.4 Å². The zero-order valence-electron chi connectivity index (χ0n) is 19.3. The van der Waals surface area contributed by atoms with Gasteiger partial charge in [0.1, 0.15) is 11.4 Å². The molecule has 0 spiro atoms. The largest absolute Gasteiger partial charge is 0.496 e. The lowest BCUT2D eigenvalue weighted by Crippen LogP contribution is -2.53. The zero-order chi connectivity index (χ0) is 23.0. The number of nitrogens with zero attached hydrogens (tertiary/aromatic N) is 4. The van der Waals surface area contributed by atoms with Crippen molar-refractivity contribution in [1.82, 2.24) is 15.1 Å². The minimum Gasteiger partial charge on any atom is -0.496 e. The summed E-state index contributed by atoms with van der Waals surface area (Å²) in [6.45, 7) is 5.74. The van der Waals surface area contributed by atoms with Crippen LogP contribution in [0, 0.1) is 0 Å². The average Bonchev–Trinajstić information content (AvgIpc) is 3.02. The monoisotopic (exact) mass is 458 g/mol. The number of methoxy groups -OCH3 is 1. The van der Waals surface area contributed by atoms with Crippen molar-refractivity contribution >= 4 is 23.5 Å². The molecule has 0 aliphatic carbocycles. The van der Waals surface area contributed by atoms with Crippen molar-refractivity contribution in [3.63, 3.8) is 0 Å². The van der Waals surface area contributed by atoms with E-state index in [2.05, 4.69) is 22.1 Å². The first-order valence-electron chi connectivity index (χ1n) is 11.1. The van der Waals surface area contributed by atoms with Crippen LogP contribution in [0.3, 0.4) is 0 Å². The quantitative estimate of drug-likeness (QED) is 0.629. The minimum atomic E-state index is -0.478. The van der Waals surface area contributed by atoms with E-state index in [1.807, 2.05) is 49.9 Å². The fraction of sp³-hybridized carbons (Fsp3) is 0.542. The van der Waals surface area contributed by atoms with Crippen LogP contribution in [0.15, 0.2) is 30.3 Å². The molecule has 1 aromatic carbocycles. The number of anilines is 1. The number of fused-ring (bicyclic) bond motifs is 2. The predicted octanol–water partition coefficient (Wildman–Crippen LogP) is 5.17. The van der Waals surface area contributed by atoms with Crippen molar-refractivity contribution in [1.29, 1.82) is 0 Å². The summed E-state index contributed by atoms with van der Waals surface area (Å²) in [5.41, 5.74) is 1.10. The highest BCUT2D eigenvalue weighted by atomic mass is 35.5. The lowest BCUT2D eigenvalue weighted by Gasteiger charge is -2.42. The Balaban J connectivity index is 1.46. The number of piperidine rings is 1. The maximum Gasteiger partial charge on any atom is 0.410 e. The number of hydrogen-bond donors (Lipinski definition) is 0. The number of rotatable bonds is 4. The summed E-state index contributed by atoms with van der Waals surface area (Å²) in [4.78, 5) is 16.9. The predicted molar refractivity (Wildman–Crippen MR) is 125 cm³/mol. The van der Waals surface area contributed by atoms with Crippen LogP contribution in [-0.4, -0.2) is 59.1 Å². The van der Waals surface area contributed by atoms with Gasteiger partial charge in [0.05, 0.1) is 12.8 Å². The highest BCUT2D eigenvalue weighted by Crippen LogP contribution is 2.39. The van der Waals surface area contributed by atoms with E-state index in [-0.39, 0.29) is 18.2 Å². The van der Waals surface area contributed by atoms with E-state index in [1.54, 1.807) is 13.2 Å². The number of aromatic nitrogens is 2. The van der Waals surface area contributed by atoms with Crippen molar-refractivity contribution in [2.24, 2.45) is 0 Å². The van der Waals surface area contributed by atoms with Crippen LogP contribution in [-0.2, 0) is 4.74 Å². The van der Waals surface area contributed by atoms with E-state index in [1.165, 1.54) is 0 Å². The summed E-state index contributed by atoms with van der Waals surface area (Å²) in [5.74, 6) is 1.48. The van der Waals surface area contributed by atoms with E-state index >= 15 is 0 Å². The van der Waals surface area contributed by atoms with E-state index in [4.69, 9.17) is 21.1 Å². The van der Waals surface area contributed by atoms with Gasteiger partial charge < -0.3 is 19.3 Å². The minimum absolute atomic E-state index is 0.188. The van der Waals surface area contributed by atoms with E-state index in [0.717, 1.165) is 42.8 Å². The number of halogens is 1. The number of hydrogen-bond acceptors (Lipinski definition) is 6. The lowest BCUT2D eigenvalue weighted by atomic mass is 9.96. The number of benzene rings is 1. The molecule has 2 aliphatic heterocycles. The zero-order valence-corrected chi connectivity index (χ0v) is 20.1. The van der Waals surface area contributed by atoms with Crippen LogP contribution < -0.4 is 9.64 Å². The van der Waals surface area contributed by atoms with Crippen molar-refractivity contribution in [3.8, 4) is 17.0 Å². The van der Waals surface area contributed by atoms with Gasteiger partial charge in [-0.25, -0.2) is 4.79 Å². The second kappa shape index (κ2) is 8.77. The molecule has 2 aromatic rings. The Morgan fingerprint density at radius 3 is 2.38 bits per heavy atom. The fourth-order valence-electron chi connectivity index (χ4n) is 4.80. The van der Waals surface area contributed by atoms with Gasteiger partial charge in [-0.2, -0.15) is 0 Å². The first-order chi connectivity index (χ1) is 15.2. The van der Waals surface area contributed by atoms with Gasteiger partial charge in [0, 0.05) is 35.8 Å². The summed E-state index contributed by atoms with van der Waals surface area (Å²) in [6.07, 6.45) is 3.67. The molecule has 2 aliphatic rings. The molecule has 0 N–H and O–H groups in total. The number of carbonyl (C=O) groups excluding carboxylic acids is 1. The molecular weight excluding hydrogens is 428 g/mol. The molecule has 172 valence electrons. The summed E-state index contributed by atoms with van der Waals surface area (Å²) < 4.78 is 11.1. The third-order valence-corrected chi connectivity index (χ3v) is 6.55. The lowest BCUT2D eigenvalue weighted by molar-refractivity contribution is 0.00597. The number of carbonyl (C=O) groups is 1. The first kappa shape index (κ1) is 22.6. The Labute approximate surface area is 194 Å². The molecule has 1 amide bonds. The molecule has 3 heterocycles. The molecule has 2 saturated heterocycles. The first-order valence-corrected chi connectivity index (χ1v) is 11.5. The van der Waals surface area contributed by atoms with Crippen LogP contribution in [0.2, 0.25) is 5.02 Å². The van der Waals surface area contributed by atoms with Gasteiger partial charge in [0.15, 0.2) is 5.82 Å². The molecule has 2 fully saturated rings. The summed E-state index contributed by atoms with van der Waals surface area (Å²) in [6, 6.07) is 10.1.